The van der Waals surface area contributed by atoms with Gasteiger partial charge in [0.1, 0.15) is 29.5 Å². The minimum atomic E-state index is -2.81. The summed E-state index contributed by atoms with van der Waals surface area (Å²) in [4.78, 5) is 52.5. The number of hydrogen-bond donors (Lipinski definition) is 3. The molecule has 13 nitrogen and oxygen atoms in total. The molecular weight excluding hydrogens is 556 g/mol. The highest BCUT2D eigenvalue weighted by Crippen LogP contribution is 2.84. The molecule has 42 heavy (non-hydrogen) atoms. The predicted molar refractivity (Wildman–Crippen MR) is 136 cm³/mol. The number of ether oxygens (including phenoxy) is 5. The number of aliphatic hydroxyl groups excluding tert-OH is 1. The van der Waals surface area contributed by atoms with Crippen LogP contribution < -0.4 is 0 Å². The minimum Gasteiger partial charge on any atom is -0.472 e. The van der Waals surface area contributed by atoms with Crippen LogP contribution in [0.3, 0.4) is 0 Å². The third-order valence-electron chi connectivity index (χ3n) is 10.9. The van der Waals surface area contributed by atoms with Gasteiger partial charge in [0, 0.05) is 29.9 Å². The van der Waals surface area contributed by atoms with Crippen molar-refractivity contribution in [2.24, 2.45) is 22.2 Å². The molecule has 5 aliphatic rings. The third kappa shape index (κ3) is 2.73. The molecule has 13 heteroatoms. The van der Waals surface area contributed by atoms with Crippen molar-refractivity contribution in [1.82, 2.24) is 0 Å². The van der Waals surface area contributed by atoms with E-state index in [9.17, 15) is 34.5 Å². The molecule has 0 radical (unpaired) electrons. The number of methoxy groups -OCH3 is 1. The predicted octanol–water partition coefficient (Wildman–Crippen LogP) is 0.497. The lowest BCUT2D eigenvalue weighted by atomic mass is 9.43. The fourth-order valence-electron chi connectivity index (χ4n) is 9.18. The van der Waals surface area contributed by atoms with Gasteiger partial charge in [0.2, 0.25) is 11.6 Å². The van der Waals surface area contributed by atoms with E-state index >= 15 is 0 Å². The van der Waals surface area contributed by atoms with Gasteiger partial charge < -0.3 is 43.4 Å². The van der Waals surface area contributed by atoms with Gasteiger partial charge in [0.05, 0.1) is 30.5 Å². The van der Waals surface area contributed by atoms with Gasteiger partial charge in [0.15, 0.2) is 11.7 Å². The van der Waals surface area contributed by atoms with Gasteiger partial charge in [-0.3, -0.25) is 9.59 Å². The van der Waals surface area contributed by atoms with Crippen LogP contribution in [0.15, 0.2) is 35.2 Å². The average molecular weight is 591 g/mol. The van der Waals surface area contributed by atoms with Crippen molar-refractivity contribution in [2.45, 2.75) is 88.5 Å². The third-order valence-corrected chi connectivity index (χ3v) is 10.9. The average Bonchev–Trinajstić information content (AvgIpc) is 3.41. The molecule has 1 unspecified atom stereocenters. The van der Waals surface area contributed by atoms with E-state index in [0.29, 0.717) is 5.56 Å². The maximum absolute atomic E-state index is 14.1. The number of aliphatic hydroxyl groups is 3. The number of carbonyl (C=O) groups is 4. The van der Waals surface area contributed by atoms with Gasteiger partial charge in [-0.1, -0.05) is 26.8 Å². The van der Waals surface area contributed by atoms with Crippen LogP contribution in [0.1, 0.15) is 53.2 Å². The molecule has 3 N–H and O–H groups in total. The minimum absolute atomic E-state index is 0.346. The monoisotopic (exact) mass is 590 g/mol. The zero-order chi connectivity index (χ0) is 31.1. The highest BCUT2D eigenvalue weighted by molar-refractivity contribution is 6.00. The Morgan fingerprint density at radius 1 is 1.07 bits per heavy atom. The Balaban J connectivity index is 1.72. The standard InChI is InChI=1S/C29H34O13/c1-13(30)39-16-17-24(4,10-8-15(31)37-7)27(35)22(34)23(2,3)42-29(27,36)26(17,6)28-20(41-28)21(33)40-19(14-9-11-38-12-14)25(28,5)18(16)32/h8-12,16-20,32,35-36H,1-7H3/t16-,17?,18-,19+,20-,24-,25+,26-,27+,28-,29+/m1/s1. The maximum Gasteiger partial charge on any atom is 0.339 e. The molecule has 1 aromatic heterocycles. The first kappa shape index (κ1) is 29.0. The van der Waals surface area contributed by atoms with Gasteiger partial charge in [-0.05, 0) is 19.9 Å². The van der Waals surface area contributed by atoms with E-state index in [4.69, 9.17) is 28.1 Å². The zero-order valence-electron chi connectivity index (χ0n) is 24.2. The van der Waals surface area contributed by atoms with Crippen LogP contribution in [-0.4, -0.2) is 87.0 Å². The van der Waals surface area contributed by atoms with Gasteiger partial charge >= 0.3 is 17.9 Å². The Bertz CT molecular complexity index is 1430. The lowest BCUT2D eigenvalue weighted by Gasteiger charge is -2.63. The Hall–Kier alpha value is -3.10. The van der Waals surface area contributed by atoms with E-state index in [1.807, 2.05) is 0 Å². The van der Waals surface area contributed by atoms with Crippen molar-refractivity contribution in [3.8, 4) is 0 Å². The van der Waals surface area contributed by atoms with Crippen molar-refractivity contribution in [3.05, 3.63) is 36.3 Å². The smallest absolute Gasteiger partial charge is 0.339 e. The lowest BCUT2D eigenvalue weighted by molar-refractivity contribution is -0.356. The number of Topliss-reactive ketones (excluding diaryl/α,β-unsaturated/α-hetero) is 1. The van der Waals surface area contributed by atoms with Crippen LogP contribution in [-0.2, 0) is 42.9 Å². The maximum atomic E-state index is 14.1. The van der Waals surface area contributed by atoms with Crippen molar-refractivity contribution < 1.29 is 62.6 Å². The Kier molecular flexibility index (Phi) is 5.58. The number of rotatable bonds is 4. The Morgan fingerprint density at radius 2 is 1.74 bits per heavy atom. The first-order valence-electron chi connectivity index (χ1n) is 13.6. The number of cyclic esters (lactones) is 1. The van der Waals surface area contributed by atoms with Crippen LogP contribution in [0.4, 0.5) is 0 Å². The highest BCUT2D eigenvalue weighted by atomic mass is 16.7. The van der Waals surface area contributed by atoms with Gasteiger partial charge in [-0.15, -0.1) is 0 Å². The number of ketones is 1. The molecule has 1 aromatic rings. The molecule has 0 aromatic carbocycles. The SMILES string of the molecule is COC(=O)C=C[C@]1(C)C2[C@@H](OC(C)=O)[C@@H](O)[C@@]3(C)[C@H](c4ccoc4)OC(=O)[C@H]4O[C@]43[C@]2(C)[C@]2(O)OC(C)(C)C(=O)[C@@]21O. The van der Waals surface area contributed by atoms with Crippen molar-refractivity contribution in [3.63, 3.8) is 0 Å². The Morgan fingerprint density at radius 3 is 2.31 bits per heavy atom. The second kappa shape index (κ2) is 8.08. The van der Waals surface area contributed by atoms with E-state index in [1.54, 1.807) is 6.92 Å². The molecule has 3 aliphatic heterocycles. The van der Waals surface area contributed by atoms with Gasteiger partial charge in [-0.2, -0.15) is 0 Å². The molecule has 6 rings (SSSR count). The van der Waals surface area contributed by atoms with Crippen molar-refractivity contribution in [2.75, 3.05) is 7.11 Å². The summed E-state index contributed by atoms with van der Waals surface area (Å²) >= 11 is 0. The molecule has 3 saturated heterocycles. The van der Waals surface area contributed by atoms with E-state index in [1.165, 1.54) is 52.4 Å². The van der Waals surface area contributed by atoms with Crippen molar-refractivity contribution in [1.29, 1.82) is 0 Å². The van der Waals surface area contributed by atoms with E-state index in [-0.39, 0.29) is 0 Å². The number of carbonyl (C=O) groups excluding carboxylic acids is 4. The van der Waals surface area contributed by atoms with Crippen LogP contribution in [0.5, 0.6) is 0 Å². The largest absolute Gasteiger partial charge is 0.472 e. The molecule has 2 saturated carbocycles. The molecule has 5 fully saturated rings. The summed E-state index contributed by atoms with van der Waals surface area (Å²) in [5.41, 5.74) is -11.7. The summed E-state index contributed by atoms with van der Waals surface area (Å²) in [7, 11) is 1.13. The number of hydrogen-bond acceptors (Lipinski definition) is 13. The summed E-state index contributed by atoms with van der Waals surface area (Å²) < 4.78 is 33.9. The fraction of sp³-hybridized carbons (Fsp3) is 0.655. The van der Waals surface area contributed by atoms with E-state index in [2.05, 4.69) is 0 Å². The topological polar surface area (TPSA) is 192 Å². The van der Waals surface area contributed by atoms with E-state index < -0.39 is 92.9 Å². The van der Waals surface area contributed by atoms with Crippen LogP contribution in [0, 0.1) is 22.2 Å². The summed E-state index contributed by atoms with van der Waals surface area (Å²) in [5.74, 6) is -7.59. The molecular formula is C29H34O13. The molecule has 0 amide bonds. The summed E-state index contributed by atoms with van der Waals surface area (Å²) in [5, 5.41) is 37.7. The van der Waals surface area contributed by atoms with Crippen LogP contribution >= 0.6 is 0 Å². The Labute approximate surface area is 240 Å². The van der Waals surface area contributed by atoms with Crippen molar-refractivity contribution >= 4 is 23.7 Å². The summed E-state index contributed by atoms with van der Waals surface area (Å²) in [6.07, 6.45) is -0.996. The van der Waals surface area contributed by atoms with E-state index in [0.717, 1.165) is 20.1 Å². The number of esters is 3. The molecule has 228 valence electrons. The molecule has 0 bridgehead atoms. The number of furan rings is 1. The molecule has 11 atom stereocenters. The quantitative estimate of drug-likeness (QED) is 0.190. The zero-order valence-corrected chi connectivity index (χ0v) is 24.2. The first-order valence-corrected chi connectivity index (χ1v) is 13.6. The summed E-state index contributed by atoms with van der Waals surface area (Å²) in [6.45, 7) is 8.29. The lowest BCUT2D eigenvalue weighted by Crippen LogP contribution is -2.77. The second-order valence-electron chi connectivity index (χ2n) is 13.0. The normalized spacial score (nSPS) is 49.9. The summed E-state index contributed by atoms with van der Waals surface area (Å²) in [6, 6.07) is 1.53. The van der Waals surface area contributed by atoms with Crippen LogP contribution in [0.2, 0.25) is 0 Å². The molecule has 2 aliphatic carbocycles. The molecule has 4 heterocycles. The molecule has 1 spiro atoms. The highest BCUT2D eigenvalue weighted by Gasteiger charge is 3.01. The second-order valence-corrected chi connectivity index (χ2v) is 13.0. The number of fused-ring (bicyclic) bond motifs is 3. The first-order chi connectivity index (χ1) is 19.4. The van der Waals surface area contributed by atoms with Crippen LogP contribution in [0.25, 0.3) is 0 Å². The fourth-order valence-corrected chi connectivity index (χ4v) is 9.18. The van der Waals surface area contributed by atoms with Gasteiger partial charge in [-0.25, -0.2) is 9.59 Å². The van der Waals surface area contributed by atoms with Gasteiger partial charge in [0.25, 0.3) is 0 Å². The number of epoxide rings is 1.